The third-order valence-corrected chi connectivity index (χ3v) is 7.21. The lowest BCUT2D eigenvalue weighted by molar-refractivity contribution is 0.542. The number of hydrogen-bond acceptors (Lipinski definition) is 5. The van der Waals surface area contributed by atoms with Crippen molar-refractivity contribution in [2.24, 2.45) is 5.92 Å². The first kappa shape index (κ1) is 16.3. The first-order valence-corrected chi connectivity index (χ1v) is 9.98. The molecule has 2 rings (SSSR count). The molecule has 3 N–H and O–H groups in total. The van der Waals surface area contributed by atoms with Crippen LogP contribution in [-0.2, 0) is 19.9 Å². The summed E-state index contributed by atoms with van der Waals surface area (Å²) in [7, 11) is -6.66. The second kappa shape index (κ2) is 5.58. The molecule has 1 aromatic rings. The van der Waals surface area contributed by atoms with Gasteiger partial charge in [0.25, 0.3) is 0 Å². The highest BCUT2D eigenvalue weighted by Gasteiger charge is 2.29. The second-order valence-corrected chi connectivity index (χ2v) is 9.54. The van der Waals surface area contributed by atoms with Gasteiger partial charge in [-0.05, 0) is 49.4 Å². The number of sulfonamides is 1. The van der Waals surface area contributed by atoms with E-state index in [9.17, 15) is 16.8 Å². The number of hydrogen-bond donors (Lipinski definition) is 2. The van der Waals surface area contributed by atoms with E-state index in [1.54, 1.807) is 26.0 Å². The van der Waals surface area contributed by atoms with E-state index in [-0.39, 0.29) is 28.9 Å². The second-order valence-electron chi connectivity index (χ2n) is 5.60. The molecule has 0 amide bonds. The van der Waals surface area contributed by atoms with E-state index in [0.29, 0.717) is 23.2 Å². The van der Waals surface area contributed by atoms with Crippen LogP contribution in [0.5, 0.6) is 0 Å². The summed E-state index contributed by atoms with van der Waals surface area (Å²) in [6, 6.07) is 3.23. The molecule has 1 saturated heterocycles. The monoisotopic (exact) mass is 332 g/mol. The van der Waals surface area contributed by atoms with Crippen molar-refractivity contribution in [1.29, 1.82) is 0 Å². The van der Waals surface area contributed by atoms with Crippen molar-refractivity contribution in [2.75, 3.05) is 23.8 Å². The molecule has 0 aromatic heterocycles. The van der Waals surface area contributed by atoms with E-state index in [2.05, 4.69) is 4.72 Å². The maximum Gasteiger partial charge on any atom is 0.241 e. The normalized spacial score (nSPS) is 21.5. The summed E-state index contributed by atoms with van der Waals surface area (Å²) >= 11 is 0. The van der Waals surface area contributed by atoms with E-state index in [1.165, 1.54) is 0 Å². The number of benzene rings is 1. The molecule has 1 unspecified atom stereocenters. The molecular weight excluding hydrogens is 312 g/mol. The number of anilines is 1. The molecule has 6 nitrogen and oxygen atoms in total. The largest absolute Gasteiger partial charge is 0.399 e. The molecule has 1 aromatic carbocycles. The molecular formula is C13H20N2O4S2. The van der Waals surface area contributed by atoms with Gasteiger partial charge >= 0.3 is 0 Å². The van der Waals surface area contributed by atoms with E-state index >= 15 is 0 Å². The minimum atomic E-state index is -3.66. The molecule has 118 valence electrons. The smallest absolute Gasteiger partial charge is 0.241 e. The highest BCUT2D eigenvalue weighted by atomic mass is 32.2. The van der Waals surface area contributed by atoms with Gasteiger partial charge in [0.1, 0.15) is 0 Å². The van der Waals surface area contributed by atoms with Gasteiger partial charge in [0.05, 0.1) is 16.4 Å². The molecule has 1 atom stereocenters. The van der Waals surface area contributed by atoms with Gasteiger partial charge in [-0.1, -0.05) is 0 Å². The average molecular weight is 332 g/mol. The van der Waals surface area contributed by atoms with Crippen LogP contribution in [-0.4, -0.2) is 34.9 Å². The van der Waals surface area contributed by atoms with Crippen molar-refractivity contribution in [1.82, 2.24) is 4.72 Å². The summed E-state index contributed by atoms with van der Waals surface area (Å²) in [5, 5.41) is 0. The van der Waals surface area contributed by atoms with Crippen LogP contribution < -0.4 is 10.5 Å². The summed E-state index contributed by atoms with van der Waals surface area (Å²) < 4.78 is 50.1. The van der Waals surface area contributed by atoms with Crippen molar-refractivity contribution in [3.05, 3.63) is 23.3 Å². The van der Waals surface area contributed by atoms with Gasteiger partial charge in [-0.15, -0.1) is 0 Å². The number of nitrogens with one attached hydrogen (secondary N) is 1. The highest BCUT2D eigenvalue weighted by molar-refractivity contribution is 7.91. The Bertz CT molecular complexity index is 731. The van der Waals surface area contributed by atoms with Crippen LogP contribution in [0.4, 0.5) is 5.69 Å². The van der Waals surface area contributed by atoms with E-state index in [0.717, 1.165) is 0 Å². The lowest BCUT2D eigenvalue weighted by atomic mass is 10.1. The molecule has 1 heterocycles. The molecule has 1 aliphatic rings. The average Bonchev–Trinajstić information content (AvgIpc) is 2.65. The summed E-state index contributed by atoms with van der Waals surface area (Å²) in [6.45, 7) is 3.53. The quantitative estimate of drug-likeness (QED) is 0.785. The summed E-state index contributed by atoms with van der Waals surface area (Å²) in [6.07, 6.45) is 0.505. The third-order valence-electron chi connectivity index (χ3n) is 3.64. The van der Waals surface area contributed by atoms with E-state index < -0.39 is 19.9 Å². The number of rotatable bonds is 4. The Morgan fingerprint density at radius 2 is 1.86 bits per heavy atom. The molecule has 1 aliphatic heterocycles. The Kier molecular flexibility index (Phi) is 4.32. The molecule has 21 heavy (non-hydrogen) atoms. The van der Waals surface area contributed by atoms with Gasteiger partial charge in [-0.25, -0.2) is 21.6 Å². The van der Waals surface area contributed by atoms with Crippen LogP contribution in [0.1, 0.15) is 17.5 Å². The zero-order valence-corrected chi connectivity index (χ0v) is 13.7. The number of nitrogen functional groups attached to an aromatic ring is 1. The van der Waals surface area contributed by atoms with Crippen LogP contribution >= 0.6 is 0 Å². The van der Waals surface area contributed by atoms with Crippen LogP contribution in [0.25, 0.3) is 0 Å². The summed E-state index contributed by atoms with van der Waals surface area (Å²) in [5.74, 6) is 0.0355. The fraction of sp³-hybridized carbons (Fsp3) is 0.538. The minimum absolute atomic E-state index is 0.0508. The van der Waals surface area contributed by atoms with Gasteiger partial charge in [0.2, 0.25) is 10.0 Å². The number of sulfone groups is 1. The highest BCUT2D eigenvalue weighted by Crippen LogP contribution is 2.24. The standard InChI is InChI=1S/C13H20N2O4S2/c1-9-5-12(14)6-10(2)13(9)21(18,19)15-7-11-3-4-20(16,17)8-11/h5-6,11,15H,3-4,7-8,14H2,1-2H3. The van der Waals surface area contributed by atoms with Gasteiger partial charge in [-0.3, -0.25) is 0 Å². The maximum absolute atomic E-state index is 12.4. The van der Waals surface area contributed by atoms with Gasteiger partial charge in [0.15, 0.2) is 9.84 Å². The Morgan fingerprint density at radius 3 is 2.33 bits per heavy atom. The SMILES string of the molecule is Cc1cc(N)cc(C)c1S(=O)(=O)NCC1CCS(=O)(=O)C1. The fourth-order valence-corrected chi connectivity index (χ4v) is 6.17. The topological polar surface area (TPSA) is 106 Å². The Hall–Kier alpha value is -1.12. The molecule has 8 heteroatoms. The molecule has 0 aliphatic carbocycles. The zero-order valence-electron chi connectivity index (χ0n) is 12.1. The Labute approximate surface area is 125 Å². The fourth-order valence-electron chi connectivity index (χ4n) is 2.74. The summed E-state index contributed by atoms with van der Waals surface area (Å²) in [4.78, 5) is 0.220. The first-order chi connectivity index (χ1) is 9.61. The van der Waals surface area contributed by atoms with E-state index in [4.69, 9.17) is 5.73 Å². The predicted octanol–water partition coefficient (Wildman–Crippen LogP) is 0.599. The maximum atomic E-state index is 12.4. The minimum Gasteiger partial charge on any atom is -0.399 e. The van der Waals surface area contributed by atoms with Crippen LogP contribution in [0.3, 0.4) is 0 Å². The third kappa shape index (κ3) is 3.75. The van der Waals surface area contributed by atoms with Crippen molar-refractivity contribution in [2.45, 2.75) is 25.2 Å². The van der Waals surface area contributed by atoms with Crippen LogP contribution in [0.15, 0.2) is 17.0 Å². The predicted molar refractivity (Wildman–Crippen MR) is 82.3 cm³/mol. The van der Waals surface area contributed by atoms with Gasteiger partial charge in [-0.2, -0.15) is 0 Å². The molecule has 1 fully saturated rings. The number of nitrogens with two attached hydrogens (primary N) is 1. The van der Waals surface area contributed by atoms with Crippen molar-refractivity contribution in [3.63, 3.8) is 0 Å². The van der Waals surface area contributed by atoms with Gasteiger partial charge < -0.3 is 5.73 Å². The van der Waals surface area contributed by atoms with Crippen molar-refractivity contribution in [3.8, 4) is 0 Å². The lowest BCUT2D eigenvalue weighted by Gasteiger charge is -2.14. The molecule has 0 spiro atoms. The van der Waals surface area contributed by atoms with Crippen LogP contribution in [0, 0.1) is 19.8 Å². The Balaban J connectivity index is 2.17. The van der Waals surface area contributed by atoms with Crippen LogP contribution in [0.2, 0.25) is 0 Å². The number of aryl methyl sites for hydroxylation is 2. The lowest BCUT2D eigenvalue weighted by Crippen LogP contribution is -2.31. The van der Waals surface area contributed by atoms with Gasteiger partial charge in [0, 0.05) is 12.2 Å². The van der Waals surface area contributed by atoms with Crippen molar-refractivity contribution < 1.29 is 16.8 Å². The zero-order chi connectivity index (χ0) is 15.8. The van der Waals surface area contributed by atoms with Crippen molar-refractivity contribution >= 4 is 25.5 Å². The molecule has 0 radical (unpaired) electrons. The summed E-state index contributed by atoms with van der Waals surface area (Å²) in [5.41, 5.74) is 7.38. The first-order valence-electron chi connectivity index (χ1n) is 6.67. The molecule has 0 bridgehead atoms. The Morgan fingerprint density at radius 1 is 1.29 bits per heavy atom. The molecule has 0 saturated carbocycles. The van der Waals surface area contributed by atoms with E-state index in [1.807, 2.05) is 0 Å².